The second kappa shape index (κ2) is 4.46. The summed E-state index contributed by atoms with van der Waals surface area (Å²) in [5, 5.41) is 0. The largest absolute Gasteiger partial charge is 0.466 e. The topological polar surface area (TPSA) is 52.6 Å². The average Bonchev–Trinajstić information content (AvgIpc) is 2.57. The van der Waals surface area contributed by atoms with E-state index in [9.17, 15) is 9.59 Å². The van der Waals surface area contributed by atoms with E-state index < -0.39 is 0 Å². The lowest BCUT2D eigenvalue weighted by molar-refractivity contribution is -0.149. The predicted molar refractivity (Wildman–Crippen MR) is 79.9 cm³/mol. The van der Waals surface area contributed by atoms with Gasteiger partial charge in [0.15, 0.2) is 0 Å². The number of carbonyl (C=O) groups is 2. The Kier molecular flexibility index (Phi) is 2.85. The molecular formula is C18H22O4. The van der Waals surface area contributed by atoms with Crippen LogP contribution in [-0.4, -0.2) is 26.2 Å². The zero-order valence-corrected chi connectivity index (χ0v) is 13.3. The molecule has 4 aliphatic carbocycles. The third kappa shape index (κ3) is 1.23. The van der Waals surface area contributed by atoms with Crippen LogP contribution in [0.5, 0.6) is 0 Å². The molecule has 0 heterocycles. The van der Waals surface area contributed by atoms with Gasteiger partial charge in [-0.2, -0.15) is 0 Å². The van der Waals surface area contributed by atoms with E-state index in [1.807, 2.05) is 0 Å². The summed E-state index contributed by atoms with van der Waals surface area (Å²) in [6, 6.07) is 0. The number of hydrogen-bond donors (Lipinski definition) is 0. The fourth-order valence-electron chi connectivity index (χ4n) is 5.91. The molecule has 2 fully saturated rings. The molecule has 0 N–H and O–H groups in total. The van der Waals surface area contributed by atoms with E-state index in [0.29, 0.717) is 11.1 Å². The maximum atomic E-state index is 12.4. The fraction of sp³-hybridized carbons (Fsp3) is 0.667. The van der Waals surface area contributed by atoms with E-state index in [1.165, 1.54) is 38.2 Å². The number of methoxy groups -OCH3 is 2. The molecule has 0 aromatic rings. The number of ether oxygens (including phenoxy) is 2. The van der Waals surface area contributed by atoms with Crippen molar-refractivity contribution in [3.8, 4) is 0 Å². The van der Waals surface area contributed by atoms with Crippen molar-refractivity contribution in [2.45, 2.75) is 51.4 Å². The van der Waals surface area contributed by atoms with Crippen LogP contribution in [0.3, 0.4) is 0 Å². The minimum Gasteiger partial charge on any atom is -0.466 e. The van der Waals surface area contributed by atoms with Crippen LogP contribution in [0.2, 0.25) is 0 Å². The molecule has 2 saturated carbocycles. The number of hydrogen-bond acceptors (Lipinski definition) is 4. The van der Waals surface area contributed by atoms with Crippen LogP contribution in [0, 0.1) is 10.8 Å². The lowest BCUT2D eigenvalue weighted by atomic mass is 9.29. The Labute approximate surface area is 130 Å². The Morgan fingerprint density at radius 2 is 1.18 bits per heavy atom. The molecule has 4 aliphatic rings. The molecule has 0 aromatic carbocycles. The Hall–Kier alpha value is -1.58. The molecule has 2 atom stereocenters. The Morgan fingerprint density at radius 1 is 0.773 bits per heavy atom. The molecule has 0 unspecified atom stereocenters. The van der Waals surface area contributed by atoms with Crippen LogP contribution >= 0.6 is 0 Å². The van der Waals surface area contributed by atoms with Gasteiger partial charge in [0.1, 0.15) is 0 Å². The third-order valence-corrected chi connectivity index (χ3v) is 6.46. The molecule has 4 heteroatoms. The first kappa shape index (κ1) is 14.0. The van der Waals surface area contributed by atoms with Crippen molar-refractivity contribution in [1.29, 1.82) is 0 Å². The molecule has 0 saturated heterocycles. The molecular weight excluding hydrogens is 280 g/mol. The van der Waals surface area contributed by atoms with Gasteiger partial charge < -0.3 is 9.47 Å². The molecule has 2 spiro atoms. The maximum absolute atomic E-state index is 12.4. The van der Waals surface area contributed by atoms with E-state index in [-0.39, 0.29) is 22.8 Å². The van der Waals surface area contributed by atoms with Crippen LogP contribution in [0.25, 0.3) is 0 Å². The predicted octanol–water partition coefficient (Wildman–Crippen LogP) is 3.07. The molecule has 0 amide bonds. The van der Waals surface area contributed by atoms with E-state index in [1.54, 1.807) is 0 Å². The molecule has 4 rings (SSSR count). The van der Waals surface area contributed by atoms with Crippen LogP contribution < -0.4 is 0 Å². The highest BCUT2D eigenvalue weighted by molar-refractivity contribution is 6.09. The number of esters is 2. The van der Waals surface area contributed by atoms with Crippen molar-refractivity contribution < 1.29 is 19.1 Å². The first-order chi connectivity index (χ1) is 10.6. The molecule has 118 valence electrons. The third-order valence-electron chi connectivity index (χ3n) is 6.46. The zero-order chi connectivity index (χ0) is 15.5. The van der Waals surface area contributed by atoms with E-state index >= 15 is 0 Å². The van der Waals surface area contributed by atoms with Gasteiger partial charge in [0, 0.05) is 10.8 Å². The summed E-state index contributed by atoms with van der Waals surface area (Å²) in [7, 11) is 2.80. The van der Waals surface area contributed by atoms with Gasteiger partial charge in [-0.1, -0.05) is 24.0 Å². The smallest absolute Gasteiger partial charge is 0.335 e. The molecule has 0 aromatic heterocycles. The monoisotopic (exact) mass is 302 g/mol. The lowest BCUT2D eigenvalue weighted by Crippen LogP contribution is -2.67. The van der Waals surface area contributed by atoms with Gasteiger partial charge in [-0.05, 0) is 38.5 Å². The number of rotatable bonds is 2. The summed E-state index contributed by atoms with van der Waals surface area (Å²) in [6.45, 7) is 0. The molecule has 4 nitrogen and oxygen atoms in total. The quantitative estimate of drug-likeness (QED) is 0.581. The Balaban J connectivity index is 1.93. The SMILES string of the molecule is COC(=O)C1=C(C(=O)OC)[C@@]23CCCCC2=C2CCCC[C@@]213. The maximum Gasteiger partial charge on any atom is 0.335 e. The van der Waals surface area contributed by atoms with E-state index in [2.05, 4.69) is 0 Å². The van der Waals surface area contributed by atoms with Gasteiger partial charge in [0.05, 0.1) is 25.4 Å². The summed E-state index contributed by atoms with van der Waals surface area (Å²) in [5.74, 6) is -0.676. The second-order valence-corrected chi connectivity index (χ2v) is 6.92. The number of allylic oxidation sites excluding steroid dienone is 2. The normalized spacial score (nSPS) is 35.5. The van der Waals surface area contributed by atoms with Gasteiger partial charge in [-0.15, -0.1) is 0 Å². The highest BCUT2D eigenvalue weighted by atomic mass is 16.5. The minimum absolute atomic E-state index is 0.197. The summed E-state index contributed by atoms with van der Waals surface area (Å²) in [6.07, 6.45) is 8.74. The summed E-state index contributed by atoms with van der Waals surface area (Å²) in [4.78, 5) is 24.9. The molecule has 0 aliphatic heterocycles. The van der Waals surface area contributed by atoms with Crippen LogP contribution in [0.1, 0.15) is 51.4 Å². The van der Waals surface area contributed by atoms with Crippen molar-refractivity contribution >= 4 is 11.9 Å². The first-order valence-corrected chi connectivity index (χ1v) is 8.30. The summed E-state index contributed by atoms with van der Waals surface area (Å²) < 4.78 is 10.0. The molecule has 0 radical (unpaired) electrons. The zero-order valence-electron chi connectivity index (χ0n) is 13.3. The van der Waals surface area contributed by atoms with E-state index in [4.69, 9.17) is 9.47 Å². The van der Waals surface area contributed by atoms with Crippen LogP contribution in [0.4, 0.5) is 0 Å². The highest BCUT2D eigenvalue weighted by Crippen LogP contribution is 2.82. The summed E-state index contributed by atoms with van der Waals surface area (Å²) in [5.41, 5.74) is 3.73. The minimum atomic E-state index is -0.338. The average molecular weight is 302 g/mol. The Bertz CT molecular complexity index is 587. The van der Waals surface area contributed by atoms with Crippen LogP contribution in [0.15, 0.2) is 22.3 Å². The van der Waals surface area contributed by atoms with Gasteiger partial charge in [0.25, 0.3) is 0 Å². The summed E-state index contributed by atoms with van der Waals surface area (Å²) >= 11 is 0. The standard InChI is InChI=1S/C18H22O4/c1-21-15(19)13-14(16(20)22-2)18-10-6-4-8-12(18)11-7-3-5-9-17(11,13)18/h3-10H2,1-2H3/t17-,18-/m1/s1. The van der Waals surface area contributed by atoms with E-state index in [0.717, 1.165) is 38.5 Å². The highest BCUT2D eigenvalue weighted by Gasteiger charge is 2.77. The van der Waals surface area contributed by atoms with Gasteiger partial charge in [0.2, 0.25) is 0 Å². The lowest BCUT2D eigenvalue weighted by Gasteiger charge is -2.72. The van der Waals surface area contributed by atoms with Crippen LogP contribution in [-0.2, 0) is 19.1 Å². The van der Waals surface area contributed by atoms with Crippen molar-refractivity contribution in [3.63, 3.8) is 0 Å². The second-order valence-electron chi connectivity index (χ2n) is 6.92. The van der Waals surface area contributed by atoms with Crippen molar-refractivity contribution in [3.05, 3.63) is 22.3 Å². The van der Waals surface area contributed by atoms with Gasteiger partial charge >= 0.3 is 11.9 Å². The number of carbonyl (C=O) groups excluding carboxylic acids is 2. The van der Waals surface area contributed by atoms with Gasteiger partial charge in [-0.25, -0.2) is 9.59 Å². The molecule has 0 bridgehead atoms. The van der Waals surface area contributed by atoms with Crippen molar-refractivity contribution in [2.24, 2.45) is 10.8 Å². The van der Waals surface area contributed by atoms with Gasteiger partial charge in [-0.3, -0.25) is 0 Å². The molecule has 22 heavy (non-hydrogen) atoms. The first-order valence-electron chi connectivity index (χ1n) is 8.30. The van der Waals surface area contributed by atoms with Crippen molar-refractivity contribution in [2.75, 3.05) is 14.2 Å². The van der Waals surface area contributed by atoms with Crippen molar-refractivity contribution in [1.82, 2.24) is 0 Å². The Morgan fingerprint density at radius 3 is 1.55 bits per heavy atom. The fourth-order valence-corrected chi connectivity index (χ4v) is 5.91.